The van der Waals surface area contributed by atoms with Crippen molar-refractivity contribution in [3.63, 3.8) is 0 Å². The fourth-order valence-corrected chi connectivity index (χ4v) is 2.59. The van der Waals surface area contributed by atoms with Crippen LogP contribution in [-0.4, -0.2) is 29.4 Å². The molecule has 20 heavy (non-hydrogen) atoms. The van der Waals surface area contributed by atoms with Gasteiger partial charge in [0, 0.05) is 11.4 Å². The summed E-state index contributed by atoms with van der Waals surface area (Å²) in [4.78, 5) is 13.2. The molecule has 0 heterocycles. The molecule has 112 valence electrons. The fourth-order valence-electron chi connectivity index (χ4n) is 1.79. The molecule has 0 aromatic heterocycles. The van der Waals surface area contributed by atoms with E-state index in [1.54, 1.807) is 11.8 Å². The topological polar surface area (TPSA) is 49.3 Å². The molecule has 0 saturated heterocycles. The Morgan fingerprint density at radius 2 is 2.00 bits per heavy atom. The van der Waals surface area contributed by atoms with Gasteiger partial charge in [0.25, 0.3) is 5.91 Å². The number of benzene rings is 1. The van der Waals surface area contributed by atoms with Crippen LogP contribution in [0.25, 0.3) is 0 Å². The Balaban J connectivity index is 2.55. The van der Waals surface area contributed by atoms with E-state index in [0.717, 1.165) is 10.6 Å². The van der Waals surface area contributed by atoms with Crippen molar-refractivity contribution in [1.29, 1.82) is 0 Å². The lowest BCUT2D eigenvalue weighted by molar-refractivity contribution is 0.0551. The van der Waals surface area contributed by atoms with Gasteiger partial charge in [-0.1, -0.05) is 39.8 Å². The van der Waals surface area contributed by atoms with Crippen molar-refractivity contribution >= 4 is 17.7 Å². The predicted molar refractivity (Wildman–Crippen MR) is 85.3 cm³/mol. The highest BCUT2D eigenvalue weighted by atomic mass is 32.2. The van der Waals surface area contributed by atoms with Gasteiger partial charge in [-0.25, -0.2) is 0 Å². The Hall–Kier alpha value is -1.00. The zero-order valence-corrected chi connectivity index (χ0v) is 13.6. The summed E-state index contributed by atoms with van der Waals surface area (Å²) in [5.74, 6) is 0.871. The quantitative estimate of drug-likeness (QED) is 0.792. The molecule has 0 aliphatic carbocycles. The summed E-state index contributed by atoms with van der Waals surface area (Å²) >= 11 is 1.66. The minimum absolute atomic E-state index is 0.0670. The van der Waals surface area contributed by atoms with Crippen LogP contribution < -0.4 is 5.32 Å². The van der Waals surface area contributed by atoms with Gasteiger partial charge in [-0.15, -0.1) is 11.8 Å². The Bertz CT molecular complexity index is 440. The molecule has 1 atom stereocenters. The van der Waals surface area contributed by atoms with Crippen LogP contribution in [0, 0.1) is 5.41 Å². The van der Waals surface area contributed by atoms with Crippen molar-refractivity contribution in [1.82, 2.24) is 5.32 Å². The first kappa shape index (κ1) is 17.1. The minimum atomic E-state index is -0.414. The Morgan fingerprint density at radius 1 is 1.35 bits per heavy atom. The molecular formula is C16H25NO2S. The van der Waals surface area contributed by atoms with Crippen LogP contribution in [0.5, 0.6) is 0 Å². The van der Waals surface area contributed by atoms with Gasteiger partial charge in [0.15, 0.2) is 0 Å². The maximum Gasteiger partial charge on any atom is 0.252 e. The standard InChI is InChI=1S/C16H25NO2S/c1-5-20-13-9-7-6-8-12(13)15(19)17-11-10-14(18)16(2,3)4/h6-9,14,18H,5,10-11H2,1-4H3,(H,17,19)/t14-/m1/s1. The summed E-state index contributed by atoms with van der Waals surface area (Å²) in [7, 11) is 0. The largest absolute Gasteiger partial charge is 0.393 e. The molecule has 3 nitrogen and oxygen atoms in total. The molecule has 0 saturated carbocycles. The second-order valence-corrected chi connectivity index (χ2v) is 7.16. The second-order valence-electron chi connectivity index (χ2n) is 5.86. The van der Waals surface area contributed by atoms with Gasteiger partial charge in [-0.2, -0.15) is 0 Å². The maximum absolute atomic E-state index is 12.2. The van der Waals surface area contributed by atoms with Gasteiger partial charge in [0.05, 0.1) is 11.7 Å². The van der Waals surface area contributed by atoms with Gasteiger partial charge in [-0.3, -0.25) is 4.79 Å². The smallest absolute Gasteiger partial charge is 0.252 e. The molecule has 0 radical (unpaired) electrons. The lowest BCUT2D eigenvalue weighted by Crippen LogP contribution is -2.32. The number of amides is 1. The highest BCUT2D eigenvalue weighted by Gasteiger charge is 2.21. The molecule has 0 unspecified atom stereocenters. The van der Waals surface area contributed by atoms with E-state index >= 15 is 0 Å². The third-order valence-electron chi connectivity index (χ3n) is 3.13. The van der Waals surface area contributed by atoms with Gasteiger partial charge >= 0.3 is 0 Å². The number of hydrogen-bond acceptors (Lipinski definition) is 3. The van der Waals surface area contributed by atoms with Gasteiger partial charge in [-0.05, 0) is 29.7 Å². The molecule has 0 spiro atoms. The van der Waals surface area contributed by atoms with Crippen molar-refractivity contribution < 1.29 is 9.90 Å². The molecule has 0 fully saturated rings. The van der Waals surface area contributed by atoms with E-state index < -0.39 is 6.10 Å². The Morgan fingerprint density at radius 3 is 2.60 bits per heavy atom. The number of carbonyl (C=O) groups is 1. The first-order chi connectivity index (χ1) is 9.36. The van der Waals surface area contributed by atoms with E-state index in [1.165, 1.54) is 0 Å². The molecule has 1 amide bonds. The van der Waals surface area contributed by atoms with Crippen molar-refractivity contribution in [2.24, 2.45) is 5.41 Å². The molecule has 1 rings (SSSR count). The fraction of sp³-hybridized carbons (Fsp3) is 0.562. The zero-order valence-electron chi connectivity index (χ0n) is 12.8. The molecule has 1 aromatic carbocycles. The van der Waals surface area contributed by atoms with Crippen LogP contribution in [0.1, 0.15) is 44.5 Å². The highest BCUT2D eigenvalue weighted by molar-refractivity contribution is 7.99. The van der Waals surface area contributed by atoms with E-state index in [1.807, 2.05) is 45.0 Å². The van der Waals surface area contributed by atoms with E-state index in [4.69, 9.17) is 0 Å². The van der Waals surface area contributed by atoms with Crippen LogP contribution in [0.2, 0.25) is 0 Å². The van der Waals surface area contributed by atoms with Crippen molar-refractivity contribution in [2.45, 2.75) is 45.1 Å². The first-order valence-corrected chi connectivity index (χ1v) is 8.03. The normalized spacial score (nSPS) is 13.1. The van der Waals surface area contributed by atoms with Crippen LogP contribution in [0.4, 0.5) is 0 Å². The Labute approximate surface area is 126 Å². The number of nitrogens with one attached hydrogen (secondary N) is 1. The number of carbonyl (C=O) groups excluding carboxylic acids is 1. The summed E-state index contributed by atoms with van der Waals surface area (Å²) in [5, 5.41) is 12.8. The molecule has 4 heteroatoms. The van der Waals surface area contributed by atoms with Crippen molar-refractivity contribution in [3.05, 3.63) is 29.8 Å². The van der Waals surface area contributed by atoms with Crippen LogP contribution in [0.3, 0.4) is 0 Å². The van der Waals surface area contributed by atoms with E-state index in [-0.39, 0.29) is 11.3 Å². The summed E-state index contributed by atoms with van der Waals surface area (Å²) in [6.07, 6.45) is 0.154. The first-order valence-electron chi connectivity index (χ1n) is 7.04. The molecular weight excluding hydrogens is 270 g/mol. The zero-order chi connectivity index (χ0) is 15.2. The van der Waals surface area contributed by atoms with Crippen molar-refractivity contribution in [2.75, 3.05) is 12.3 Å². The average molecular weight is 295 g/mol. The van der Waals surface area contributed by atoms with Gasteiger partial charge in [0.2, 0.25) is 0 Å². The number of thioether (sulfide) groups is 1. The molecule has 0 bridgehead atoms. The van der Waals surface area contributed by atoms with E-state index in [2.05, 4.69) is 12.2 Å². The number of aliphatic hydroxyl groups is 1. The minimum Gasteiger partial charge on any atom is -0.393 e. The summed E-state index contributed by atoms with van der Waals surface area (Å²) in [6, 6.07) is 7.62. The van der Waals surface area contributed by atoms with E-state index in [0.29, 0.717) is 18.5 Å². The molecule has 0 aliphatic heterocycles. The third-order valence-corrected chi connectivity index (χ3v) is 4.09. The molecule has 0 aliphatic rings. The number of hydrogen-bond donors (Lipinski definition) is 2. The highest BCUT2D eigenvalue weighted by Crippen LogP contribution is 2.23. The second kappa shape index (κ2) is 7.70. The van der Waals surface area contributed by atoms with Gasteiger partial charge < -0.3 is 10.4 Å². The maximum atomic E-state index is 12.2. The van der Waals surface area contributed by atoms with Crippen LogP contribution >= 0.6 is 11.8 Å². The Kier molecular flexibility index (Phi) is 6.56. The van der Waals surface area contributed by atoms with Crippen molar-refractivity contribution in [3.8, 4) is 0 Å². The van der Waals surface area contributed by atoms with E-state index in [9.17, 15) is 9.90 Å². The summed E-state index contributed by atoms with van der Waals surface area (Å²) < 4.78 is 0. The lowest BCUT2D eigenvalue weighted by atomic mass is 9.87. The SMILES string of the molecule is CCSc1ccccc1C(=O)NCC[C@@H](O)C(C)(C)C. The lowest BCUT2D eigenvalue weighted by Gasteiger charge is -2.25. The average Bonchev–Trinajstić information content (AvgIpc) is 2.38. The predicted octanol–water partition coefficient (Wildman–Crippen LogP) is 3.33. The summed E-state index contributed by atoms with van der Waals surface area (Å²) in [5.41, 5.74) is 0.561. The monoisotopic (exact) mass is 295 g/mol. The molecule has 1 aromatic rings. The third kappa shape index (κ3) is 5.17. The van der Waals surface area contributed by atoms with Crippen LogP contribution in [0.15, 0.2) is 29.2 Å². The summed E-state index contributed by atoms with van der Waals surface area (Å²) in [6.45, 7) is 8.54. The molecule has 2 N–H and O–H groups in total. The number of rotatable bonds is 6. The van der Waals surface area contributed by atoms with Crippen LogP contribution in [-0.2, 0) is 0 Å². The van der Waals surface area contributed by atoms with Gasteiger partial charge in [0.1, 0.15) is 0 Å². The number of aliphatic hydroxyl groups excluding tert-OH is 1.